The molecule has 1 amide bonds. The molecule has 5 nitrogen and oxygen atoms in total. The van der Waals surface area contributed by atoms with E-state index in [0.717, 1.165) is 5.69 Å². The monoisotopic (exact) mass is 188 g/mol. The third-order valence-electron chi connectivity index (χ3n) is 1.87. The molecular weight excluding hydrogens is 180 g/mol. The van der Waals surface area contributed by atoms with Crippen LogP contribution < -0.4 is 5.73 Å². The number of hydrogen-bond donors (Lipinski definition) is 1. The van der Waals surface area contributed by atoms with Crippen molar-refractivity contribution in [1.29, 1.82) is 0 Å². The molecule has 5 heteroatoms. The van der Waals surface area contributed by atoms with Crippen LogP contribution in [-0.4, -0.2) is 20.7 Å². The van der Waals surface area contributed by atoms with E-state index in [1.165, 1.54) is 0 Å². The number of nitrogens with two attached hydrogens (primary N) is 1. The lowest BCUT2D eigenvalue weighted by Gasteiger charge is -2.00. The first-order chi connectivity index (χ1) is 6.77. The van der Waals surface area contributed by atoms with E-state index in [2.05, 4.69) is 10.2 Å². The third kappa shape index (κ3) is 1.47. The van der Waals surface area contributed by atoms with E-state index in [4.69, 9.17) is 5.73 Å². The molecule has 2 aromatic rings. The van der Waals surface area contributed by atoms with Crippen LogP contribution in [0.5, 0.6) is 0 Å². The molecule has 2 N–H and O–H groups in total. The number of benzene rings is 1. The van der Waals surface area contributed by atoms with Gasteiger partial charge < -0.3 is 5.73 Å². The third-order valence-corrected chi connectivity index (χ3v) is 1.87. The zero-order valence-electron chi connectivity index (χ0n) is 7.29. The first-order valence-corrected chi connectivity index (χ1v) is 4.02. The lowest BCUT2D eigenvalue weighted by molar-refractivity contribution is 0.100. The molecule has 2 rings (SSSR count). The molecule has 1 heterocycles. The zero-order chi connectivity index (χ0) is 9.97. The lowest BCUT2D eigenvalue weighted by atomic mass is 10.2. The van der Waals surface area contributed by atoms with Gasteiger partial charge in [-0.1, -0.05) is 0 Å². The minimum Gasteiger partial charge on any atom is -0.366 e. The highest BCUT2D eigenvalue weighted by molar-refractivity contribution is 5.92. The molecular formula is C9H8N4O. The van der Waals surface area contributed by atoms with Gasteiger partial charge in [0.05, 0.1) is 0 Å². The highest BCUT2D eigenvalue weighted by Crippen LogP contribution is 2.07. The molecule has 0 fully saturated rings. The molecule has 0 spiro atoms. The SMILES string of the molecule is NC(=O)c1ccc(-n2cnnc2)cc1. The topological polar surface area (TPSA) is 73.8 Å². The van der Waals surface area contributed by atoms with Gasteiger partial charge in [-0.25, -0.2) is 0 Å². The smallest absolute Gasteiger partial charge is 0.248 e. The molecule has 0 bridgehead atoms. The second-order valence-electron chi connectivity index (χ2n) is 2.78. The molecule has 0 radical (unpaired) electrons. The Bertz CT molecular complexity index is 432. The highest BCUT2D eigenvalue weighted by Gasteiger charge is 2.00. The Hall–Kier alpha value is -2.17. The fourth-order valence-corrected chi connectivity index (χ4v) is 1.13. The Morgan fingerprint density at radius 1 is 1.14 bits per heavy atom. The maximum Gasteiger partial charge on any atom is 0.248 e. The molecule has 0 atom stereocenters. The van der Waals surface area contributed by atoms with Crippen LogP contribution in [0.1, 0.15) is 10.4 Å². The number of carbonyl (C=O) groups is 1. The summed E-state index contributed by atoms with van der Waals surface area (Å²) in [6.07, 6.45) is 3.17. The van der Waals surface area contributed by atoms with E-state index < -0.39 is 5.91 Å². The molecule has 1 aromatic carbocycles. The Kier molecular flexibility index (Phi) is 1.98. The second-order valence-corrected chi connectivity index (χ2v) is 2.78. The van der Waals surface area contributed by atoms with Crippen molar-refractivity contribution in [1.82, 2.24) is 14.8 Å². The predicted molar refractivity (Wildman–Crippen MR) is 49.9 cm³/mol. The lowest BCUT2D eigenvalue weighted by Crippen LogP contribution is -2.10. The highest BCUT2D eigenvalue weighted by atomic mass is 16.1. The van der Waals surface area contributed by atoms with Crippen LogP contribution in [0.15, 0.2) is 36.9 Å². The molecule has 0 aliphatic rings. The van der Waals surface area contributed by atoms with Crippen molar-refractivity contribution in [3.8, 4) is 5.69 Å². The van der Waals surface area contributed by atoms with Crippen LogP contribution >= 0.6 is 0 Å². The van der Waals surface area contributed by atoms with E-state index in [0.29, 0.717) is 5.56 Å². The number of aromatic nitrogens is 3. The maximum absolute atomic E-state index is 10.8. The van der Waals surface area contributed by atoms with Gasteiger partial charge in [-0.05, 0) is 24.3 Å². The van der Waals surface area contributed by atoms with Crippen molar-refractivity contribution in [2.75, 3.05) is 0 Å². The van der Waals surface area contributed by atoms with Gasteiger partial charge in [-0.2, -0.15) is 0 Å². The van der Waals surface area contributed by atoms with Crippen LogP contribution in [0.3, 0.4) is 0 Å². The molecule has 0 unspecified atom stereocenters. The van der Waals surface area contributed by atoms with Crippen LogP contribution in [0, 0.1) is 0 Å². The van der Waals surface area contributed by atoms with Crippen molar-refractivity contribution in [3.63, 3.8) is 0 Å². The number of amides is 1. The molecule has 70 valence electrons. The summed E-state index contributed by atoms with van der Waals surface area (Å²) in [7, 11) is 0. The summed E-state index contributed by atoms with van der Waals surface area (Å²) in [5.74, 6) is -0.430. The average molecular weight is 188 g/mol. The molecule has 0 aliphatic heterocycles. The summed E-state index contributed by atoms with van der Waals surface area (Å²) in [5, 5.41) is 7.35. The fraction of sp³-hybridized carbons (Fsp3) is 0. The summed E-state index contributed by atoms with van der Waals surface area (Å²) < 4.78 is 1.74. The predicted octanol–water partition coefficient (Wildman–Crippen LogP) is 0.366. The summed E-state index contributed by atoms with van der Waals surface area (Å²) >= 11 is 0. The minimum absolute atomic E-state index is 0.430. The van der Waals surface area contributed by atoms with Crippen molar-refractivity contribution >= 4 is 5.91 Å². The average Bonchev–Trinajstić information content (AvgIpc) is 2.71. The van der Waals surface area contributed by atoms with Crippen LogP contribution in [0.4, 0.5) is 0 Å². The van der Waals surface area contributed by atoms with Gasteiger partial charge in [-0.15, -0.1) is 10.2 Å². The second kappa shape index (κ2) is 3.29. The van der Waals surface area contributed by atoms with E-state index >= 15 is 0 Å². The van der Waals surface area contributed by atoms with Crippen molar-refractivity contribution in [2.45, 2.75) is 0 Å². The fourth-order valence-electron chi connectivity index (χ4n) is 1.13. The molecule has 0 saturated heterocycles. The Labute approximate surface area is 80.2 Å². The van der Waals surface area contributed by atoms with Gasteiger partial charge in [-0.3, -0.25) is 9.36 Å². The number of primary amides is 1. The largest absolute Gasteiger partial charge is 0.366 e. The van der Waals surface area contributed by atoms with E-state index in [9.17, 15) is 4.79 Å². The van der Waals surface area contributed by atoms with E-state index in [1.807, 2.05) is 0 Å². The minimum atomic E-state index is -0.430. The van der Waals surface area contributed by atoms with Gasteiger partial charge in [0.25, 0.3) is 0 Å². The van der Waals surface area contributed by atoms with Crippen LogP contribution in [0.25, 0.3) is 5.69 Å². The quantitative estimate of drug-likeness (QED) is 0.739. The molecule has 0 saturated carbocycles. The van der Waals surface area contributed by atoms with Gasteiger partial charge in [0, 0.05) is 11.3 Å². The maximum atomic E-state index is 10.8. The number of hydrogen-bond acceptors (Lipinski definition) is 3. The van der Waals surface area contributed by atoms with Crippen molar-refractivity contribution < 1.29 is 4.79 Å². The number of carbonyl (C=O) groups excluding carboxylic acids is 1. The molecule has 14 heavy (non-hydrogen) atoms. The summed E-state index contributed by atoms with van der Waals surface area (Å²) in [5.41, 5.74) is 6.49. The van der Waals surface area contributed by atoms with Crippen molar-refractivity contribution in [3.05, 3.63) is 42.5 Å². The van der Waals surface area contributed by atoms with Crippen LogP contribution in [-0.2, 0) is 0 Å². The summed E-state index contributed by atoms with van der Waals surface area (Å²) in [6, 6.07) is 6.89. The van der Waals surface area contributed by atoms with Gasteiger partial charge in [0.15, 0.2) is 0 Å². The first kappa shape index (κ1) is 8.43. The number of rotatable bonds is 2. The Balaban J connectivity index is 2.36. The summed E-state index contributed by atoms with van der Waals surface area (Å²) in [4.78, 5) is 10.8. The van der Waals surface area contributed by atoms with Gasteiger partial charge in [0.2, 0.25) is 5.91 Å². The molecule has 0 aliphatic carbocycles. The molecule has 1 aromatic heterocycles. The Morgan fingerprint density at radius 2 is 1.71 bits per heavy atom. The number of nitrogens with zero attached hydrogens (tertiary/aromatic N) is 3. The van der Waals surface area contributed by atoms with Crippen LogP contribution in [0.2, 0.25) is 0 Å². The van der Waals surface area contributed by atoms with Crippen molar-refractivity contribution in [2.24, 2.45) is 5.73 Å². The zero-order valence-corrected chi connectivity index (χ0v) is 7.29. The summed E-state index contributed by atoms with van der Waals surface area (Å²) in [6.45, 7) is 0. The standard InChI is InChI=1S/C9H8N4O/c10-9(14)7-1-3-8(4-2-7)13-5-11-12-6-13/h1-6H,(H2,10,14). The Morgan fingerprint density at radius 3 is 2.21 bits per heavy atom. The van der Waals surface area contributed by atoms with E-state index in [1.54, 1.807) is 41.5 Å². The van der Waals surface area contributed by atoms with Gasteiger partial charge >= 0.3 is 0 Å². The van der Waals surface area contributed by atoms with Gasteiger partial charge in [0.1, 0.15) is 12.7 Å². The normalized spacial score (nSPS) is 10.0. The van der Waals surface area contributed by atoms with E-state index in [-0.39, 0.29) is 0 Å². The first-order valence-electron chi connectivity index (χ1n) is 4.02.